The highest BCUT2D eigenvalue weighted by molar-refractivity contribution is 5.97. The molecule has 0 unspecified atom stereocenters. The molecule has 0 spiro atoms. The van der Waals surface area contributed by atoms with Crippen LogP contribution in [0.25, 0.3) is 0 Å². The fourth-order valence-corrected chi connectivity index (χ4v) is 2.71. The van der Waals surface area contributed by atoms with Crippen molar-refractivity contribution < 1.29 is 19.1 Å². The van der Waals surface area contributed by atoms with Gasteiger partial charge in [-0.25, -0.2) is 0 Å². The van der Waals surface area contributed by atoms with E-state index in [0.717, 1.165) is 22.4 Å². The Labute approximate surface area is 146 Å². The number of hydrogen-bond donors (Lipinski definition) is 2. The van der Waals surface area contributed by atoms with Crippen molar-refractivity contribution in [3.05, 3.63) is 52.6 Å². The summed E-state index contributed by atoms with van der Waals surface area (Å²) in [5, 5.41) is 2.84. The number of carbonyl (C=O) groups excluding carboxylic acids is 2. The second-order valence-corrected chi connectivity index (χ2v) is 5.81. The van der Waals surface area contributed by atoms with Gasteiger partial charge in [-0.2, -0.15) is 0 Å². The van der Waals surface area contributed by atoms with Crippen LogP contribution in [0.1, 0.15) is 27.0 Å². The predicted molar refractivity (Wildman–Crippen MR) is 96.3 cm³/mol. The van der Waals surface area contributed by atoms with Crippen molar-refractivity contribution in [2.45, 2.75) is 20.8 Å². The minimum Gasteiger partial charge on any atom is -0.493 e. The van der Waals surface area contributed by atoms with E-state index in [1.807, 2.05) is 32.9 Å². The average molecular weight is 342 g/mol. The van der Waals surface area contributed by atoms with Gasteiger partial charge in [0.1, 0.15) is 0 Å². The molecule has 2 rings (SSSR count). The molecule has 0 saturated carbocycles. The van der Waals surface area contributed by atoms with Crippen LogP contribution in [0.15, 0.2) is 30.3 Å². The smallest absolute Gasteiger partial charge is 0.262 e. The molecule has 0 radical (unpaired) electrons. The van der Waals surface area contributed by atoms with Crippen molar-refractivity contribution in [1.29, 1.82) is 0 Å². The van der Waals surface area contributed by atoms with Gasteiger partial charge in [-0.05, 0) is 44.0 Å². The molecule has 2 aromatic rings. The lowest BCUT2D eigenvalue weighted by atomic mass is 10.1. The van der Waals surface area contributed by atoms with Gasteiger partial charge in [0.15, 0.2) is 18.1 Å². The number of para-hydroxylation sites is 1. The second-order valence-electron chi connectivity index (χ2n) is 5.81. The van der Waals surface area contributed by atoms with Crippen molar-refractivity contribution in [2.24, 2.45) is 5.73 Å². The number of methoxy groups -OCH3 is 1. The summed E-state index contributed by atoms with van der Waals surface area (Å²) in [4.78, 5) is 23.8. The minimum atomic E-state index is -0.653. The SMILES string of the molecule is COc1cccc(C(N)=O)c1OCC(=O)Nc1c(C)cc(C)cc1C. The fourth-order valence-electron chi connectivity index (χ4n) is 2.71. The van der Waals surface area contributed by atoms with Gasteiger partial charge in [-0.1, -0.05) is 23.8 Å². The maximum Gasteiger partial charge on any atom is 0.262 e. The Hall–Kier alpha value is -3.02. The first-order valence-electron chi connectivity index (χ1n) is 7.80. The first-order valence-corrected chi connectivity index (χ1v) is 7.80. The summed E-state index contributed by atoms with van der Waals surface area (Å²) in [7, 11) is 1.45. The molecular weight excluding hydrogens is 320 g/mol. The molecule has 0 fully saturated rings. The normalized spacial score (nSPS) is 10.2. The van der Waals surface area contributed by atoms with Crippen LogP contribution in [-0.2, 0) is 4.79 Å². The Bertz CT molecular complexity index is 792. The van der Waals surface area contributed by atoms with Gasteiger partial charge in [-0.15, -0.1) is 0 Å². The lowest BCUT2D eigenvalue weighted by molar-refractivity contribution is -0.118. The van der Waals surface area contributed by atoms with Crippen molar-refractivity contribution >= 4 is 17.5 Å². The molecule has 0 bridgehead atoms. The van der Waals surface area contributed by atoms with Crippen LogP contribution in [0.3, 0.4) is 0 Å². The first-order chi connectivity index (χ1) is 11.8. The molecule has 0 heterocycles. The number of benzene rings is 2. The zero-order valence-corrected chi connectivity index (χ0v) is 14.8. The molecule has 0 aliphatic rings. The first kappa shape index (κ1) is 18.3. The van der Waals surface area contributed by atoms with Crippen molar-refractivity contribution in [1.82, 2.24) is 0 Å². The van der Waals surface area contributed by atoms with Crippen LogP contribution in [0.5, 0.6) is 11.5 Å². The number of anilines is 1. The van der Waals surface area contributed by atoms with Gasteiger partial charge in [-0.3, -0.25) is 9.59 Å². The number of primary amides is 1. The monoisotopic (exact) mass is 342 g/mol. The molecule has 0 saturated heterocycles. The molecule has 25 heavy (non-hydrogen) atoms. The third-order valence-corrected chi connectivity index (χ3v) is 3.75. The van der Waals surface area contributed by atoms with Gasteiger partial charge in [0.2, 0.25) is 0 Å². The summed E-state index contributed by atoms with van der Waals surface area (Å²) >= 11 is 0. The largest absolute Gasteiger partial charge is 0.493 e. The lowest BCUT2D eigenvalue weighted by Gasteiger charge is -2.15. The predicted octanol–water partition coefficient (Wildman–Crippen LogP) is 2.74. The molecule has 2 aromatic carbocycles. The van der Waals surface area contributed by atoms with Gasteiger partial charge in [0.25, 0.3) is 11.8 Å². The van der Waals surface area contributed by atoms with E-state index in [1.54, 1.807) is 12.1 Å². The highest BCUT2D eigenvalue weighted by atomic mass is 16.5. The summed E-state index contributed by atoms with van der Waals surface area (Å²) in [5.74, 6) is -0.493. The van der Waals surface area contributed by atoms with Gasteiger partial charge in [0, 0.05) is 5.69 Å². The van der Waals surface area contributed by atoms with Crippen LogP contribution in [0, 0.1) is 20.8 Å². The van der Waals surface area contributed by atoms with Crippen molar-refractivity contribution in [2.75, 3.05) is 19.0 Å². The molecule has 0 aromatic heterocycles. The molecule has 6 nitrogen and oxygen atoms in total. The molecule has 6 heteroatoms. The number of rotatable bonds is 6. The van der Waals surface area contributed by atoms with Crippen LogP contribution in [0.4, 0.5) is 5.69 Å². The Kier molecular flexibility index (Phi) is 5.64. The summed E-state index contributed by atoms with van der Waals surface area (Å²) in [6, 6.07) is 8.77. The standard InChI is InChI=1S/C19H22N2O4/c1-11-8-12(2)17(13(3)9-11)21-16(22)10-25-18-14(19(20)23)6-5-7-15(18)24-4/h5-9H,10H2,1-4H3,(H2,20,23)(H,21,22). The van der Waals surface area contributed by atoms with Gasteiger partial charge in [0.05, 0.1) is 12.7 Å². The topological polar surface area (TPSA) is 90.7 Å². The highest BCUT2D eigenvalue weighted by Crippen LogP contribution is 2.31. The number of ether oxygens (including phenoxy) is 2. The van der Waals surface area contributed by atoms with E-state index in [9.17, 15) is 9.59 Å². The second kappa shape index (κ2) is 7.70. The van der Waals surface area contributed by atoms with Gasteiger partial charge < -0.3 is 20.5 Å². The molecule has 0 aliphatic heterocycles. The number of nitrogens with two attached hydrogens (primary N) is 1. The highest BCUT2D eigenvalue weighted by Gasteiger charge is 2.17. The van der Waals surface area contributed by atoms with E-state index in [4.69, 9.17) is 15.2 Å². The summed E-state index contributed by atoms with van der Waals surface area (Å²) in [5.41, 5.74) is 9.34. The van der Waals surface area contributed by atoms with Crippen LogP contribution >= 0.6 is 0 Å². The summed E-state index contributed by atoms with van der Waals surface area (Å²) in [6.45, 7) is 5.60. The van der Waals surface area contributed by atoms with Crippen molar-refractivity contribution in [3.8, 4) is 11.5 Å². The third kappa shape index (κ3) is 4.29. The van der Waals surface area contributed by atoms with Crippen LogP contribution in [0.2, 0.25) is 0 Å². The molecule has 3 N–H and O–H groups in total. The Morgan fingerprint density at radius 1 is 1.12 bits per heavy atom. The van der Waals surface area contributed by atoms with E-state index in [2.05, 4.69) is 5.32 Å². The zero-order valence-electron chi connectivity index (χ0n) is 14.8. The average Bonchev–Trinajstić information content (AvgIpc) is 2.55. The van der Waals surface area contributed by atoms with Crippen LogP contribution in [-0.4, -0.2) is 25.5 Å². The Morgan fingerprint density at radius 2 is 1.76 bits per heavy atom. The molecule has 2 amide bonds. The van der Waals surface area contributed by atoms with E-state index in [-0.39, 0.29) is 23.8 Å². The lowest BCUT2D eigenvalue weighted by Crippen LogP contribution is -2.23. The molecular formula is C19H22N2O4. The molecule has 0 aliphatic carbocycles. The Balaban J connectivity index is 2.15. The summed E-state index contributed by atoms with van der Waals surface area (Å²) < 4.78 is 10.7. The van der Waals surface area contributed by atoms with Gasteiger partial charge >= 0.3 is 0 Å². The van der Waals surface area contributed by atoms with E-state index in [1.165, 1.54) is 13.2 Å². The van der Waals surface area contributed by atoms with Crippen molar-refractivity contribution in [3.63, 3.8) is 0 Å². The summed E-state index contributed by atoms with van der Waals surface area (Å²) in [6.07, 6.45) is 0. The van der Waals surface area contributed by atoms with E-state index in [0.29, 0.717) is 5.75 Å². The fraction of sp³-hybridized carbons (Fsp3) is 0.263. The number of aryl methyl sites for hydroxylation is 3. The number of amides is 2. The zero-order chi connectivity index (χ0) is 18.6. The van der Waals surface area contributed by atoms with Crippen LogP contribution < -0.4 is 20.5 Å². The molecule has 132 valence electrons. The quantitative estimate of drug-likeness (QED) is 0.844. The third-order valence-electron chi connectivity index (χ3n) is 3.75. The van der Waals surface area contributed by atoms with E-state index >= 15 is 0 Å². The number of nitrogens with one attached hydrogen (secondary N) is 1. The number of hydrogen-bond acceptors (Lipinski definition) is 4. The minimum absolute atomic E-state index is 0.157. The Morgan fingerprint density at radius 3 is 2.32 bits per heavy atom. The maximum atomic E-state index is 12.3. The van der Waals surface area contributed by atoms with E-state index < -0.39 is 5.91 Å². The number of carbonyl (C=O) groups is 2. The molecule has 0 atom stereocenters. The maximum absolute atomic E-state index is 12.3.